The van der Waals surface area contributed by atoms with E-state index in [1.807, 2.05) is 6.92 Å². The molecule has 1 unspecified atom stereocenters. The maximum atomic E-state index is 12.0. The second kappa shape index (κ2) is 6.23. The molecule has 0 aromatic heterocycles. The van der Waals surface area contributed by atoms with Crippen LogP contribution < -0.4 is 11.1 Å². The normalized spacial score (nSPS) is 13.5. The van der Waals surface area contributed by atoms with E-state index >= 15 is 0 Å². The second-order valence-electron chi connectivity index (χ2n) is 4.46. The summed E-state index contributed by atoms with van der Waals surface area (Å²) in [4.78, 5) is 0.208. The van der Waals surface area contributed by atoms with Crippen LogP contribution in [0, 0.1) is 0 Å². The second-order valence-corrected chi connectivity index (χ2v) is 6.62. The molecule has 0 aliphatic heterocycles. The molecule has 0 aliphatic carbocycles. The van der Waals surface area contributed by atoms with Crippen molar-refractivity contribution in [3.8, 4) is 0 Å². The first-order valence-corrected chi connectivity index (χ1v) is 7.31. The van der Waals surface area contributed by atoms with E-state index in [2.05, 4.69) is 5.32 Å². The minimum atomic E-state index is -3.45. The molecule has 0 bridgehead atoms. The average molecular weight is 287 g/mol. The van der Waals surface area contributed by atoms with Gasteiger partial charge in [-0.1, -0.05) is 0 Å². The van der Waals surface area contributed by atoms with Gasteiger partial charge in [0, 0.05) is 27.7 Å². The van der Waals surface area contributed by atoms with E-state index in [-0.39, 0.29) is 11.0 Å². The number of nitrogens with zero attached hydrogens (tertiary/aromatic N) is 1. The largest absolute Gasteiger partial charge is 0.397 e. The molecule has 1 atom stereocenters. The van der Waals surface area contributed by atoms with Crippen molar-refractivity contribution in [3.63, 3.8) is 0 Å². The zero-order valence-corrected chi connectivity index (χ0v) is 12.5. The summed E-state index contributed by atoms with van der Waals surface area (Å²) in [6.07, 6.45) is 0.00788. The van der Waals surface area contributed by atoms with Gasteiger partial charge in [0.1, 0.15) is 0 Å². The number of methoxy groups -OCH3 is 1. The molecule has 0 fully saturated rings. The van der Waals surface area contributed by atoms with Crippen LogP contribution >= 0.6 is 0 Å². The third-order valence-electron chi connectivity index (χ3n) is 2.79. The molecule has 108 valence electrons. The van der Waals surface area contributed by atoms with Crippen molar-refractivity contribution >= 4 is 21.4 Å². The van der Waals surface area contributed by atoms with Gasteiger partial charge in [-0.25, -0.2) is 12.7 Å². The van der Waals surface area contributed by atoms with E-state index < -0.39 is 10.0 Å². The summed E-state index contributed by atoms with van der Waals surface area (Å²) in [6, 6.07) is 4.61. The first kappa shape index (κ1) is 15.7. The molecule has 1 aromatic carbocycles. The fraction of sp³-hybridized carbons (Fsp3) is 0.500. The van der Waals surface area contributed by atoms with Crippen molar-refractivity contribution in [1.29, 1.82) is 0 Å². The minimum absolute atomic E-state index is 0.00788. The molecule has 7 heteroatoms. The van der Waals surface area contributed by atoms with Gasteiger partial charge in [-0.3, -0.25) is 0 Å². The van der Waals surface area contributed by atoms with Crippen LogP contribution in [0.5, 0.6) is 0 Å². The van der Waals surface area contributed by atoms with Gasteiger partial charge in [-0.15, -0.1) is 0 Å². The highest BCUT2D eigenvalue weighted by Gasteiger charge is 2.18. The Balaban J connectivity index is 3.01. The van der Waals surface area contributed by atoms with Gasteiger partial charge >= 0.3 is 0 Å². The molecule has 0 radical (unpaired) electrons. The Morgan fingerprint density at radius 1 is 1.42 bits per heavy atom. The molecule has 19 heavy (non-hydrogen) atoms. The van der Waals surface area contributed by atoms with Crippen molar-refractivity contribution in [3.05, 3.63) is 18.2 Å². The van der Waals surface area contributed by atoms with Crippen LogP contribution in [0.4, 0.5) is 11.4 Å². The Morgan fingerprint density at radius 3 is 2.58 bits per heavy atom. The fourth-order valence-corrected chi connectivity index (χ4v) is 2.33. The van der Waals surface area contributed by atoms with E-state index in [1.165, 1.54) is 30.5 Å². The Hall–Kier alpha value is -1.31. The van der Waals surface area contributed by atoms with Crippen LogP contribution in [0.25, 0.3) is 0 Å². The maximum absolute atomic E-state index is 12.0. The van der Waals surface area contributed by atoms with Crippen LogP contribution in [0.2, 0.25) is 0 Å². The number of nitrogen functional groups attached to an aromatic ring is 1. The van der Waals surface area contributed by atoms with Crippen molar-refractivity contribution in [2.45, 2.75) is 17.9 Å². The van der Waals surface area contributed by atoms with Crippen molar-refractivity contribution in [2.24, 2.45) is 0 Å². The van der Waals surface area contributed by atoms with E-state index in [0.717, 1.165) is 0 Å². The van der Waals surface area contributed by atoms with Crippen LogP contribution in [-0.2, 0) is 14.8 Å². The van der Waals surface area contributed by atoms with Gasteiger partial charge in [0.2, 0.25) is 10.0 Å². The van der Waals surface area contributed by atoms with E-state index in [1.54, 1.807) is 13.2 Å². The zero-order valence-electron chi connectivity index (χ0n) is 11.7. The summed E-state index contributed by atoms with van der Waals surface area (Å²) in [5, 5.41) is 3.08. The first-order valence-electron chi connectivity index (χ1n) is 5.87. The molecule has 1 rings (SSSR count). The Bertz CT molecular complexity index is 529. The number of nitrogens with two attached hydrogens (primary N) is 1. The molecular formula is C12H21N3O3S. The number of hydrogen-bond donors (Lipinski definition) is 2. The number of hydrogen-bond acceptors (Lipinski definition) is 5. The number of anilines is 2. The molecule has 3 N–H and O–H groups in total. The Labute approximate surface area is 114 Å². The third-order valence-corrected chi connectivity index (χ3v) is 4.60. The molecular weight excluding hydrogens is 266 g/mol. The fourth-order valence-electron chi connectivity index (χ4n) is 1.40. The lowest BCUT2D eigenvalue weighted by Crippen LogP contribution is -2.23. The van der Waals surface area contributed by atoms with E-state index in [0.29, 0.717) is 17.9 Å². The summed E-state index contributed by atoms with van der Waals surface area (Å²) in [7, 11) is 1.14. The lowest BCUT2D eigenvalue weighted by Gasteiger charge is -2.16. The molecule has 0 heterocycles. The predicted octanol–water partition coefficient (Wildman–Crippen LogP) is 0.966. The maximum Gasteiger partial charge on any atom is 0.242 e. The van der Waals surface area contributed by atoms with Crippen molar-refractivity contribution in [1.82, 2.24) is 4.31 Å². The Kier molecular flexibility index (Phi) is 5.16. The van der Waals surface area contributed by atoms with Gasteiger partial charge < -0.3 is 15.8 Å². The van der Waals surface area contributed by atoms with Crippen LogP contribution in [0.3, 0.4) is 0 Å². The molecule has 0 saturated carbocycles. The zero-order chi connectivity index (χ0) is 14.6. The molecule has 0 spiro atoms. The van der Waals surface area contributed by atoms with Crippen molar-refractivity contribution in [2.75, 3.05) is 38.8 Å². The molecule has 0 aliphatic rings. The van der Waals surface area contributed by atoms with Gasteiger partial charge in [-0.05, 0) is 25.1 Å². The minimum Gasteiger partial charge on any atom is -0.397 e. The molecule has 0 saturated heterocycles. The number of nitrogens with one attached hydrogen (secondary N) is 1. The first-order chi connectivity index (χ1) is 8.78. The third kappa shape index (κ3) is 3.82. The monoisotopic (exact) mass is 287 g/mol. The highest BCUT2D eigenvalue weighted by molar-refractivity contribution is 7.89. The lowest BCUT2D eigenvalue weighted by atomic mass is 10.2. The standard InChI is InChI=1S/C12H21N3O3S/c1-9(18-4)8-14-12-7-10(5-6-11(12)13)19(16,17)15(2)3/h5-7,9,14H,8,13H2,1-4H3. The quantitative estimate of drug-likeness (QED) is 0.761. The smallest absolute Gasteiger partial charge is 0.242 e. The van der Waals surface area contributed by atoms with Gasteiger partial charge in [0.05, 0.1) is 22.4 Å². The summed E-state index contributed by atoms with van der Waals surface area (Å²) in [5.41, 5.74) is 6.92. The van der Waals surface area contributed by atoms with Crippen LogP contribution in [0.1, 0.15) is 6.92 Å². The van der Waals surface area contributed by atoms with E-state index in [9.17, 15) is 8.42 Å². The summed E-state index contributed by atoms with van der Waals surface area (Å²) in [5.74, 6) is 0. The highest BCUT2D eigenvalue weighted by atomic mass is 32.2. The number of rotatable bonds is 6. The van der Waals surface area contributed by atoms with Crippen LogP contribution in [-0.4, -0.2) is 46.6 Å². The summed E-state index contributed by atoms with van der Waals surface area (Å²) in [6.45, 7) is 2.45. The van der Waals surface area contributed by atoms with Crippen LogP contribution in [0.15, 0.2) is 23.1 Å². The Morgan fingerprint density at radius 2 is 2.05 bits per heavy atom. The molecule has 0 amide bonds. The predicted molar refractivity (Wildman–Crippen MR) is 76.7 cm³/mol. The number of sulfonamides is 1. The van der Waals surface area contributed by atoms with Gasteiger partial charge in [0.15, 0.2) is 0 Å². The SMILES string of the molecule is COC(C)CNc1cc(S(=O)(=O)N(C)C)ccc1N. The van der Waals surface area contributed by atoms with Crippen molar-refractivity contribution < 1.29 is 13.2 Å². The summed E-state index contributed by atoms with van der Waals surface area (Å²) < 4.78 is 30.3. The average Bonchev–Trinajstić information content (AvgIpc) is 2.36. The number of benzene rings is 1. The van der Waals surface area contributed by atoms with Gasteiger partial charge in [-0.2, -0.15) is 0 Å². The molecule has 1 aromatic rings. The lowest BCUT2D eigenvalue weighted by molar-refractivity contribution is 0.129. The summed E-state index contributed by atoms with van der Waals surface area (Å²) >= 11 is 0. The van der Waals surface area contributed by atoms with Gasteiger partial charge in [0.25, 0.3) is 0 Å². The number of ether oxygens (including phenoxy) is 1. The highest BCUT2D eigenvalue weighted by Crippen LogP contribution is 2.24. The molecule has 6 nitrogen and oxygen atoms in total. The van der Waals surface area contributed by atoms with E-state index in [4.69, 9.17) is 10.5 Å². The topological polar surface area (TPSA) is 84.7 Å².